The van der Waals surface area contributed by atoms with Crippen molar-refractivity contribution in [3.05, 3.63) is 71.3 Å². The van der Waals surface area contributed by atoms with Gasteiger partial charge in [-0.2, -0.15) is 12.6 Å². The molecular formula is C15H14F2OS. The average molecular weight is 280 g/mol. The van der Waals surface area contributed by atoms with Crippen molar-refractivity contribution in [1.82, 2.24) is 0 Å². The molecule has 0 radical (unpaired) electrons. The fourth-order valence-corrected chi connectivity index (χ4v) is 2.47. The van der Waals surface area contributed by atoms with Crippen LogP contribution in [0.3, 0.4) is 0 Å². The molecule has 0 heterocycles. The van der Waals surface area contributed by atoms with Crippen LogP contribution in [0, 0.1) is 11.6 Å². The van der Waals surface area contributed by atoms with Crippen molar-refractivity contribution < 1.29 is 13.9 Å². The minimum atomic E-state index is -0.768. The Bertz CT molecular complexity index is 492. The van der Waals surface area contributed by atoms with Crippen LogP contribution in [0.1, 0.15) is 17.5 Å². The molecule has 0 saturated carbocycles. The zero-order valence-corrected chi connectivity index (χ0v) is 11.1. The van der Waals surface area contributed by atoms with Gasteiger partial charge in [-0.15, -0.1) is 0 Å². The molecule has 0 atom stereocenters. The monoisotopic (exact) mass is 280 g/mol. The Labute approximate surface area is 116 Å². The summed E-state index contributed by atoms with van der Waals surface area (Å²) in [5, 5.41) is 9.24. The van der Waals surface area contributed by atoms with E-state index in [9.17, 15) is 13.9 Å². The maximum atomic E-state index is 13.0. The molecule has 0 saturated heterocycles. The molecule has 4 heteroatoms. The Morgan fingerprint density at radius 3 is 1.53 bits per heavy atom. The van der Waals surface area contributed by atoms with Gasteiger partial charge in [0, 0.05) is 6.61 Å². The molecule has 1 nitrogen and oxygen atoms in total. The first-order valence-electron chi connectivity index (χ1n) is 5.91. The van der Waals surface area contributed by atoms with Crippen LogP contribution in [0.2, 0.25) is 0 Å². The lowest BCUT2D eigenvalue weighted by molar-refractivity contribution is 0.276. The van der Waals surface area contributed by atoms with E-state index in [1.54, 1.807) is 24.3 Å². The smallest absolute Gasteiger partial charge is 0.123 e. The molecule has 0 aliphatic heterocycles. The zero-order chi connectivity index (χ0) is 13.9. The molecule has 19 heavy (non-hydrogen) atoms. The minimum absolute atomic E-state index is 0.0712. The first-order valence-corrected chi connectivity index (χ1v) is 6.36. The van der Waals surface area contributed by atoms with E-state index in [0.717, 1.165) is 11.1 Å². The largest absolute Gasteiger partial charge is 0.396 e. The van der Waals surface area contributed by atoms with Crippen molar-refractivity contribution in [2.45, 2.75) is 11.2 Å². The standard InChI is InChI=1S/C15H14F2OS/c16-13-5-1-11(2-6-13)15(19,9-10-18)12-3-7-14(17)8-4-12/h1-8,18-19H,9-10H2. The Morgan fingerprint density at radius 1 is 0.842 bits per heavy atom. The first-order chi connectivity index (χ1) is 9.06. The number of benzene rings is 2. The molecule has 0 amide bonds. The van der Waals surface area contributed by atoms with Crippen LogP contribution in [0.25, 0.3) is 0 Å². The molecule has 0 spiro atoms. The van der Waals surface area contributed by atoms with Crippen molar-refractivity contribution in [2.24, 2.45) is 0 Å². The summed E-state index contributed by atoms with van der Waals surface area (Å²) in [6.45, 7) is -0.0712. The Morgan fingerprint density at radius 2 is 1.21 bits per heavy atom. The predicted octanol–water partition coefficient (Wildman–Crippen LogP) is 3.52. The summed E-state index contributed by atoms with van der Waals surface area (Å²) >= 11 is 4.64. The van der Waals surface area contributed by atoms with Gasteiger partial charge >= 0.3 is 0 Å². The van der Waals surface area contributed by atoms with E-state index in [-0.39, 0.29) is 18.2 Å². The lowest BCUT2D eigenvalue weighted by Gasteiger charge is -2.29. The fraction of sp³-hybridized carbons (Fsp3) is 0.200. The quantitative estimate of drug-likeness (QED) is 0.821. The minimum Gasteiger partial charge on any atom is -0.396 e. The highest BCUT2D eigenvalue weighted by molar-refractivity contribution is 7.81. The highest BCUT2D eigenvalue weighted by Crippen LogP contribution is 2.39. The van der Waals surface area contributed by atoms with Crippen LogP contribution < -0.4 is 0 Å². The van der Waals surface area contributed by atoms with Gasteiger partial charge in [-0.25, -0.2) is 8.78 Å². The van der Waals surface area contributed by atoms with Gasteiger partial charge in [0.2, 0.25) is 0 Å². The zero-order valence-electron chi connectivity index (χ0n) is 10.2. The summed E-state index contributed by atoms with van der Waals surface area (Å²) in [6, 6.07) is 11.9. The lowest BCUT2D eigenvalue weighted by Crippen LogP contribution is -2.22. The summed E-state index contributed by atoms with van der Waals surface area (Å²) < 4.78 is 25.2. The number of halogens is 2. The summed E-state index contributed by atoms with van der Waals surface area (Å²) in [4.78, 5) is 0. The molecule has 2 aromatic rings. The normalized spacial score (nSPS) is 11.6. The second-order valence-electron chi connectivity index (χ2n) is 4.35. The lowest BCUT2D eigenvalue weighted by atomic mass is 9.87. The highest BCUT2D eigenvalue weighted by atomic mass is 32.1. The Kier molecular flexibility index (Phi) is 4.22. The third kappa shape index (κ3) is 2.96. The molecule has 2 aromatic carbocycles. The van der Waals surface area contributed by atoms with Crippen molar-refractivity contribution in [3.63, 3.8) is 0 Å². The number of rotatable bonds is 4. The number of thiol groups is 1. The van der Waals surface area contributed by atoms with Crippen molar-refractivity contribution in [2.75, 3.05) is 6.61 Å². The van der Waals surface area contributed by atoms with Crippen LogP contribution in [0.15, 0.2) is 48.5 Å². The number of hydrogen-bond donors (Lipinski definition) is 2. The van der Waals surface area contributed by atoms with Gasteiger partial charge in [0.05, 0.1) is 4.75 Å². The molecule has 0 bridgehead atoms. The van der Waals surface area contributed by atoms with E-state index in [1.807, 2.05) is 0 Å². The SMILES string of the molecule is OCCC(S)(c1ccc(F)cc1)c1ccc(F)cc1. The summed E-state index contributed by atoms with van der Waals surface area (Å²) in [7, 11) is 0. The van der Waals surface area contributed by atoms with E-state index in [2.05, 4.69) is 12.6 Å². The molecule has 0 aromatic heterocycles. The second kappa shape index (κ2) is 5.72. The molecular weight excluding hydrogens is 266 g/mol. The van der Waals surface area contributed by atoms with Crippen LogP contribution in [0.5, 0.6) is 0 Å². The van der Waals surface area contributed by atoms with E-state index in [1.165, 1.54) is 24.3 Å². The van der Waals surface area contributed by atoms with Gasteiger partial charge < -0.3 is 5.11 Å². The van der Waals surface area contributed by atoms with Gasteiger partial charge in [0.25, 0.3) is 0 Å². The molecule has 0 aliphatic rings. The van der Waals surface area contributed by atoms with Crippen molar-refractivity contribution in [3.8, 4) is 0 Å². The molecule has 0 fully saturated rings. The molecule has 0 aliphatic carbocycles. The summed E-state index contributed by atoms with van der Waals surface area (Å²) in [6.07, 6.45) is 0.355. The van der Waals surface area contributed by atoms with Crippen molar-refractivity contribution in [1.29, 1.82) is 0 Å². The summed E-state index contributed by atoms with van der Waals surface area (Å²) in [5.41, 5.74) is 1.52. The fourth-order valence-electron chi connectivity index (χ4n) is 2.07. The maximum absolute atomic E-state index is 13.0. The van der Waals surface area contributed by atoms with Crippen LogP contribution in [0.4, 0.5) is 8.78 Å². The third-order valence-electron chi connectivity index (χ3n) is 3.12. The Balaban J connectivity index is 2.47. The van der Waals surface area contributed by atoms with E-state index < -0.39 is 4.75 Å². The number of aliphatic hydroxyl groups is 1. The third-order valence-corrected chi connectivity index (χ3v) is 3.86. The van der Waals surface area contributed by atoms with Gasteiger partial charge in [0.15, 0.2) is 0 Å². The van der Waals surface area contributed by atoms with Gasteiger partial charge in [-0.05, 0) is 41.8 Å². The van der Waals surface area contributed by atoms with Crippen molar-refractivity contribution >= 4 is 12.6 Å². The average Bonchev–Trinajstić information content (AvgIpc) is 2.40. The Hall–Kier alpha value is -1.39. The van der Waals surface area contributed by atoms with E-state index >= 15 is 0 Å². The van der Waals surface area contributed by atoms with Gasteiger partial charge in [0.1, 0.15) is 11.6 Å². The molecule has 0 unspecified atom stereocenters. The molecule has 1 N–H and O–H groups in total. The molecule has 2 rings (SSSR count). The van der Waals surface area contributed by atoms with E-state index in [0.29, 0.717) is 6.42 Å². The summed E-state index contributed by atoms with van der Waals surface area (Å²) in [5.74, 6) is -0.662. The number of aliphatic hydroxyl groups excluding tert-OH is 1. The first kappa shape index (κ1) is 14.0. The van der Waals surface area contributed by atoms with Gasteiger partial charge in [-0.3, -0.25) is 0 Å². The van der Waals surface area contributed by atoms with Crippen LogP contribution in [-0.2, 0) is 4.75 Å². The number of hydrogen-bond acceptors (Lipinski definition) is 2. The maximum Gasteiger partial charge on any atom is 0.123 e. The van der Waals surface area contributed by atoms with Crippen LogP contribution in [-0.4, -0.2) is 11.7 Å². The predicted molar refractivity (Wildman–Crippen MR) is 74.3 cm³/mol. The van der Waals surface area contributed by atoms with E-state index in [4.69, 9.17) is 0 Å². The molecule has 100 valence electrons. The second-order valence-corrected chi connectivity index (χ2v) is 5.11. The highest BCUT2D eigenvalue weighted by Gasteiger charge is 2.29. The van der Waals surface area contributed by atoms with Gasteiger partial charge in [-0.1, -0.05) is 24.3 Å². The topological polar surface area (TPSA) is 20.2 Å². The van der Waals surface area contributed by atoms with Crippen LogP contribution >= 0.6 is 12.6 Å².